The van der Waals surface area contributed by atoms with Crippen molar-refractivity contribution in [2.24, 2.45) is 0 Å². The van der Waals surface area contributed by atoms with Gasteiger partial charge in [-0.05, 0) is 19.1 Å². The number of aromatic nitrogens is 2. The number of aryl methyl sites for hydroxylation is 1. The van der Waals surface area contributed by atoms with Crippen LogP contribution < -0.4 is 0 Å². The molecule has 0 spiro atoms. The van der Waals surface area contributed by atoms with Crippen molar-refractivity contribution in [3.8, 4) is 11.5 Å². The van der Waals surface area contributed by atoms with E-state index < -0.39 is 0 Å². The van der Waals surface area contributed by atoms with Crippen LogP contribution in [0.3, 0.4) is 0 Å². The summed E-state index contributed by atoms with van der Waals surface area (Å²) in [5, 5.41) is 0. The van der Waals surface area contributed by atoms with Crippen LogP contribution in [0.15, 0.2) is 35.2 Å². The van der Waals surface area contributed by atoms with Crippen LogP contribution in [0.4, 0.5) is 0 Å². The van der Waals surface area contributed by atoms with E-state index in [0.29, 0.717) is 0 Å². The first kappa shape index (κ1) is 7.03. The molecule has 0 unspecified atom stereocenters. The molecule has 0 aromatic carbocycles. The monoisotopic (exact) mass is 160 g/mol. The molecular weight excluding hydrogens is 152 g/mol. The van der Waals surface area contributed by atoms with Gasteiger partial charge in [-0.15, -0.1) is 0 Å². The van der Waals surface area contributed by atoms with Crippen LogP contribution >= 0.6 is 0 Å². The lowest BCUT2D eigenvalue weighted by molar-refractivity contribution is 0.579. The predicted molar refractivity (Wildman–Crippen MR) is 44.5 cm³/mol. The highest BCUT2D eigenvalue weighted by Crippen LogP contribution is 2.18. The molecule has 2 aromatic rings. The Labute approximate surface area is 70.1 Å². The average molecular weight is 160 g/mol. The lowest BCUT2D eigenvalue weighted by Gasteiger charge is -1.97. The van der Waals surface area contributed by atoms with Gasteiger partial charge in [0, 0.05) is 12.4 Å². The van der Waals surface area contributed by atoms with E-state index in [9.17, 15) is 0 Å². The molecule has 0 saturated heterocycles. The topological polar surface area (TPSA) is 38.9 Å². The molecule has 0 N–H and O–H groups in total. The molecule has 0 atom stereocenters. The summed E-state index contributed by atoms with van der Waals surface area (Å²) < 4.78 is 5.20. The van der Waals surface area contributed by atoms with E-state index in [4.69, 9.17) is 4.42 Å². The number of hydrogen-bond donors (Lipinski definition) is 0. The van der Waals surface area contributed by atoms with Gasteiger partial charge >= 0.3 is 0 Å². The molecule has 3 heteroatoms. The van der Waals surface area contributed by atoms with Crippen molar-refractivity contribution < 1.29 is 4.42 Å². The van der Waals surface area contributed by atoms with Gasteiger partial charge in [-0.1, -0.05) is 0 Å². The Morgan fingerprint density at radius 3 is 2.75 bits per heavy atom. The molecule has 3 nitrogen and oxygen atoms in total. The number of rotatable bonds is 1. The zero-order valence-corrected chi connectivity index (χ0v) is 6.69. The van der Waals surface area contributed by atoms with Crippen LogP contribution in [-0.4, -0.2) is 9.97 Å². The summed E-state index contributed by atoms with van der Waals surface area (Å²) in [6.45, 7) is 1.91. The Kier molecular flexibility index (Phi) is 1.63. The zero-order valence-electron chi connectivity index (χ0n) is 6.69. The zero-order chi connectivity index (χ0) is 8.39. The first-order valence-electron chi connectivity index (χ1n) is 3.69. The van der Waals surface area contributed by atoms with E-state index >= 15 is 0 Å². The number of hydrogen-bond acceptors (Lipinski definition) is 3. The van der Waals surface area contributed by atoms with E-state index in [2.05, 4.69) is 9.97 Å². The normalized spacial score (nSPS) is 10.1. The quantitative estimate of drug-likeness (QED) is 0.640. The van der Waals surface area contributed by atoms with E-state index in [1.54, 1.807) is 18.7 Å². The molecule has 2 heterocycles. The van der Waals surface area contributed by atoms with Crippen LogP contribution in [0, 0.1) is 6.92 Å². The van der Waals surface area contributed by atoms with Crippen molar-refractivity contribution in [3.05, 3.63) is 36.5 Å². The second-order valence-corrected chi connectivity index (χ2v) is 2.47. The fourth-order valence-electron chi connectivity index (χ4n) is 1.06. The van der Waals surface area contributed by atoms with Crippen LogP contribution in [0.25, 0.3) is 11.5 Å². The standard InChI is InChI=1S/C9H8N2O/c1-7-9(11-5-4-10-7)8-3-2-6-12-8/h2-6H,1H3. The van der Waals surface area contributed by atoms with Crippen molar-refractivity contribution in [1.29, 1.82) is 0 Å². The van der Waals surface area contributed by atoms with Crippen molar-refractivity contribution in [2.75, 3.05) is 0 Å². The molecule has 0 saturated carbocycles. The van der Waals surface area contributed by atoms with Gasteiger partial charge in [0.1, 0.15) is 5.69 Å². The second kappa shape index (κ2) is 2.77. The maximum Gasteiger partial charge on any atom is 0.154 e. The maximum atomic E-state index is 5.20. The number of furan rings is 1. The van der Waals surface area contributed by atoms with Gasteiger partial charge in [-0.3, -0.25) is 4.98 Å². The Hall–Kier alpha value is -1.64. The fraction of sp³-hybridized carbons (Fsp3) is 0.111. The van der Waals surface area contributed by atoms with E-state index in [0.717, 1.165) is 17.1 Å². The second-order valence-electron chi connectivity index (χ2n) is 2.47. The lowest BCUT2D eigenvalue weighted by atomic mass is 10.2. The smallest absolute Gasteiger partial charge is 0.154 e. The minimum Gasteiger partial charge on any atom is -0.463 e. The van der Waals surface area contributed by atoms with Gasteiger partial charge < -0.3 is 4.42 Å². The van der Waals surface area contributed by atoms with E-state index in [1.165, 1.54) is 0 Å². The van der Waals surface area contributed by atoms with Gasteiger partial charge in [-0.25, -0.2) is 4.98 Å². The van der Waals surface area contributed by atoms with Crippen molar-refractivity contribution in [1.82, 2.24) is 9.97 Å². The first-order chi connectivity index (χ1) is 5.88. The highest BCUT2D eigenvalue weighted by molar-refractivity contribution is 5.53. The molecule has 0 aliphatic carbocycles. The molecule has 60 valence electrons. The lowest BCUT2D eigenvalue weighted by Crippen LogP contribution is -1.88. The minimum atomic E-state index is 0.764. The van der Waals surface area contributed by atoms with Gasteiger partial charge in [0.05, 0.1) is 12.0 Å². The minimum absolute atomic E-state index is 0.764. The van der Waals surface area contributed by atoms with Crippen molar-refractivity contribution >= 4 is 0 Å². The van der Waals surface area contributed by atoms with E-state index in [1.807, 2.05) is 19.1 Å². The van der Waals surface area contributed by atoms with Crippen LogP contribution in [-0.2, 0) is 0 Å². The van der Waals surface area contributed by atoms with Crippen LogP contribution in [0.1, 0.15) is 5.69 Å². The molecule has 2 aromatic heterocycles. The summed E-state index contributed by atoms with van der Waals surface area (Å²) >= 11 is 0. The van der Waals surface area contributed by atoms with Crippen molar-refractivity contribution in [2.45, 2.75) is 6.92 Å². The van der Waals surface area contributed by atoms with Crippen molar-refractivity contribution in [3.63, 3.8) is 0 Å². The first-order valence-corrected chi connectivity index (χ1v) is 3.69. The molecule has 0 aliphatic heterocycles. The third-order valence-electron chi connectivity index (χ3n) is 1.64. The highest BCUT2D eigenvalue weighted by atomic mass is 16.3. The molecule has 0 bridgehead atoms. The highest BCUT2D eigenvalue weighted by Gasteiger charge is 2.04. The summed E-state index contributed by atoms with van der Waals surface area (Å²) in [6.07, 6.45) is 4.95. The third-order valence-corrected chi connectivity index (χ3v) is 1.64. The third kappa shape index (κ3) is 1.09. The summed E-state index contributed by atoms with van der Waals surface area (Å²) in [6, 6.07) is 3.71. The van der Waals surface area contributed by atoms with Gasteiger partial charge in [0.2, 0.25) is 0 Å². The number of nitrogens with zero attached hydrogens (tertiary/aromatic N) is 2. The predicted octanol–water partition coefficient (Wildman–Crippen LogP) is 2.05. The van der Waals surface area contributed by atoms with Gasteiger partial charge in [0.25, 0.3) is 0 Å². The molecule has 0 aliphatic rings. The summed E-state index contributed by atoms with van der Waals surface area (Å²) in [5.74, 6) is 0.764. The Bertz CT molecular complexity index is 368. The largest absolute Gasteiger partial charge is 0.463 e. The maximum absolute atomic E-state index is 5.20. The molecular formula is C9H8N2O. The Morgan fingerprint density at radius 1 is 1.25 bits per heavy atom. The van der Waals surface area contributed by atoms with Crippen LogP contribution in [0.2, 0.25) is 0 Å². The van der Waals surface area contributed by atoms with Gasteiger partial charge in [0.15, 0.2) is 5.76 Å². The van der Waals surface area contributed by atoms with E-state index in [-0.39, 0.29) is 0 Å². The SMILES string of the molecule is Cc1nccnc1-c1ccco1. The van der Waals surface area contributed by atoms with Crippen LogP contribution in [0.5, 0.6) is 0 Å². The summed E-state index contributed by atoms with van der Waals surface area (Å²) in [5.41, 5.74) is 1.69. The average Bonchev–Trinajstić information content (AvgIpc) is 2.57. The fourth-order valence-corrected chi connectivity index (χ4v) is 1.06. The molecule has 12 heavy (non-hydrogen) atoms. The Morgan fingerprint density at radius 2 is 2.08 bits per heavy atom. The molecule has 0 amide bonds. The Balaban J connectivity index is 2.55. The van der Waals surface area contributed by atoms with Gasteiger partial charge in [-0.2, -0.15) is 0 Å². The molecule has 2 rings (SSSR count). The molecule has 0 fully saturated rings. The summed E-state index contributed by atoms with van der Waals surface area (Å²) in [4.78, 5) is 8.28. The molecule has 0 radical (unpaired) electrons. The summed E-state index contributed by atoms with van der Waals surface area (Å²) in [7, 11) is 0.